The van der Waals surface area contributed by atoms with Crippen molar-refractivity contribution in [3.63, 3.8) is 0 Å². The third-order valence-electron chi connectivity index (χ3n) is 1.77. The molecule has 0 unspecified atom stereocenters. The first-order chi connectivity index (χ1) is 8.13. The van der Waals surface area contributed by atoms with Crippen molar-refractivity contribution in [3.05, 3.63) is 30.1 Å². The summed E-state index contributed by atoms with van der Waals surface area (Å²) < 4.78 is 0. The van der Waals surface area contributed by atoms with Gasteiger partial charge in [-0.05, 0) is 18.1 Å². The molecule has 17 heavy (non-hydrogen) atoms. The van der Waals surface area contributed by atoms with Crippen LogP contribution in [-0.2, 0) is 6.42 Å². The molecular weight excluding hydrogens is 208 g/mol. The zero-order valence-electron chi connectivity index (χ0n) is 12.0. The van der Waals surface area contributed by atoms with Gasteiger partial charge in [-0.3, -0.25) is 0 Å². The maximum Gasteiger partial charge on any atom is 0.106 e. The van der Waals surface area contributed by atoms with Crippen LogP contribution in [0.5, 0.6) is 0 Å². The molecule has 2 nitrogen and oxygen atoms in total. The van der Waals surface area contributed by atoms with Crippen LogP contribution in [0.3, 0.4) is 0 Å². The van der Waals surface area contributed by atoms with Crippen LogP contribution in [0.2, 0.25) is 0 Å². The van der Waals surface area contributed by atoms with Crippen molar-refractivity contribution in [2.45, 2.75) is 48.0 Å². The molecule has 0 aliphatic heterocycles. The molecule has 0 saturated carbocycles. The number of rotatable bonds is 1. The zero-order chi connectivity index (χ0) is 13.3. The van der Waals surface area contributed by atoms with Crippen molar-refractivity contribution in [1.29, 1.82) is 0 Å². The van der Waals surface area contributed by atoms with E-state index in [2.05, 4.69) is 37.7 Å². The highest BCUT2D eigenvalue weighted by molar-refractivity contribution is 5.74. The van der Waals surface area contributed by atoms with E-state index in [1.165, 1.54) is 0 Å². The molecule has 0 amide bonds. The smallest absolute Gasteiger partial charge is 0.106 e. The Balaban J connectivity index is 0.000000368. The number of nitrogens with one attached hydrogen (secondary N) is 1. The van der Waals surface area contributed by atoms with Gasteiger partial charge in [0.25, 0.3) is 0 Å². The Morgan fingerprint density at radius 2 is 1.65 bits per heavy atom. The molecule has 1 N–H and O–H groups in total. The molecule has 0 aliphatic rings. The van der Waals surface area contributed by atoms with Crippen molar-refractivity contribution in [2.24, 2.45) is 5.92 Å². The predicted octanol–water partition coefficient (Wildman–Crippen LogP) is 4.81. The Labute approximate surface area is 105 Å². The van der Waals surface area contributed by atoms with Crippen molar-refractivity contribution >= 4 is 11.0 Å². The molecule has 1 aromatic heterocycles. The largest absolute Gasteiger partial charge is 0.342 e. The Morgan fingerprint density at radius 1 is 1.12 bits per heavy atom. The fraction of sp³-hybridized carbons (Fsp3) is 0.533. The highest BCUT2D eigenvalue weighted by Crippen LogP contribution is 2.09. The lowest BCUT2D eigenvalue weighted by Gasteiger charge is -1.82. The Hall–Kier alpha value is -1.31. The van der Waals surface area contributed by atoms with Crippen LogP contribution in [0.1, 0.15) is 47.4 Å². The fourth-order valence-electron chi connectivity index (χ4n) is 1.17. The summed E-state index contributed by atoms with van der Waals surface area (Å²) in [7, 11) is 0. The minimum atomic E-state index is 0.833. The highest BCUT2D eigenvalue weighted by Gasteiger charge is 1.97. The van der Waals surface area contributed by atoms with Crippen LogP contribution in [0.15, 0.2) is 24.3 Å². The second kappa shape index (κ2) is 8.80. The van der Waals surface area contributed by atoms with Crippen LogP contribution in [-0.4, -0.2) is 9.97 Å². The Kier molecular flexibility index (Phi) is 8.12. The lowest BCUT2D eigenvalue weighted by atomic mass is 10.3. The second-order valence-corrected chi connectivity index (χ2v) is 4.29. The number of aryl methyl sites for hydroxylation is 1. The summed E-state index contributed by atoms with van der Waals surface area (Å²) in [5.41, 5.74) is 2.19. The number of para-hydroxylation sites is 2. The number of hydrogen-bond donors (Lipinski definition) is 1. The normalized spacial score (nSPS) is 9.35. The third-order valence-corrected chi connectivity index (χ3v) is 1.77. The number of fused-ring (bicyclic) bond motifs is 1. The minimum absolute atomic E-state index is 0.833. The van der Waals surface area contributed by atoms with E-state index in [9.17, 15) is 0 Å². The van der Waals surface area contributed by atoms with E-state index >= 15 is 0 Å². The quantitative estimate of drug-likeness (QED) is 0.753. The Bertz CT molecular complexity index is 366. The van der Waals surface area contributed by atoms with E-state index < -0.39 is 0 Å². The van der Waals surface area contributed by atoms with Crippen LogP contribution in [0, 0.1) is 5.92 Å². The summed E-state index contributed by atoms with van der Waals surface area (Å²) in [6.07, 6.45) is 0.967. The summed E-state index contributed by atoms with van der Waals surface area (Å²) in [6.45, 7) is 12.6. The molecule has 0 atom stereocenters. The van der Waals surface area contributed by atoms with Gasteiger partial charge in [-0.15, -0.1) is 0 Å². The van der Waals surface area contributed by atoms with Crippen LogP contribution in [0.25, 0.3) is 11.0 Å². The predicted molar refractivity (Wildman–Crippen MR) is 77.3 cm³/mol. The molecule has 2 rings (SSSR count). The Morgan fingerprint density at radius 3 is 2.12 bits per heavy atom. The summed E-state index contributed by atoms with van der Waals surface area (Å²) in [5.74, 6) is 1.89. The van der Waals surface area contributed by atoms with Gasteiger partial charge in [0.15, 0.2) is 0 Å². The molecule has 1 heterocycles. The monoisotopic (exact) mass is 234 g/mol. The molecule has 1 aromatic carbocycles. The molecule has 0 radical (unpaired) electrons. The van der Waals surface area contributed by atoms with Crippen LogP contribution >= 0.6 is 0 Å². The molecule has 0 spiro atoms. The molecule has 0 fully saturated rings. The summed E-state index contributed by atoms with van der Waals surface area (Å²) in [4.78, 5) is 7.61. The van der Waals surface area contributed by atoms with Crippen molar-refractivity contribution in [1.82, 2.24) is 9.97 Å². The number of aromatic amines is 1. The molecule has 2 aromatic rings. The SMILES string of the molecule is CC.CC(C)C.CCc1nc2ccccc2[nH]1. The lowest BCUT2D eigenvalue weighted by Crippen LogP contribution is -1.79. The summed E-state index contributed by atoms with van der Waals surface area (Å²) in [5, 5.41) is 0. The van der Waals surface area contributed by atoms with Gasteiger partial charge in [0.2, 0.25) is 0 Å². The van der Waals surface area contributed by atoms with Gasteiger partial charge in [0, 0.05) is 6.42 Å². The molecule has 0 bridgehead atoms. The third kappa shape index (κ3) is 6.10. The van der Waals surface area contributed by atoms with Gasteiger partial charge in [-0.1, -0.05) is 53.7 Å². The van der Waals surface area contributed by atoms with E-state index in [1.54, 1.807) is 0 Å². The fourth-order valence-corrected chi connectivity index (χ4v) is 1.17. The van der Waals surface area contributed by atoms with Gasteiger partial charge < -0.3 is 4.98 Å². The second-order valence-electron chi connectivity index (χ2n) is 4.29. The molecule has 0 aliphatic carbocycles. The number of hydrogen-bond acceptors (Lipinski definition) is 1. The number of aromatic nitrogens is 2. The van der Waals surface area contributed by atoms with Gasteiger partial charge in [-0.2, -0.15) is 0 Å². The van der Waals surface area contributed by atoms with E-state index in [0.717, 1.165) is 29.2 Å². The number of benzene rings is 1. The van der Waals surface area contributed by atoms with Gasteiger partial charge in [0.1, 0.15) is 5.82 Å². The van der Waals surface area contributed by atoms with Gasteiger partial charge >= 0.3 is 0 Å². The van der Waals surface area contributed by atoms with Crippen LogP contribution in [0.4, 0.5) is 0 Å². The van der Waals surface area contributed by atoms with E-state index in [-0.39, 0.29) is 0 Å². The molecule has 96 valence electrons. The topological polar surface area (TPSA) is 28.7 Å². The number of imidazole rings is 1. The van der Waals surface area contributed by atoms with Crippen molar-refractivity contribution in [2.75, 3.05) is 0 Å². The van der Waals surface area contributed by atoms with E-state index in [1.807, 2.05) is 38.1 Å². The first kappa shape index (κ1) is 15.7. The van der Waals surface area contributed by atoms with E-state index in [0.29, 0.717) is 0 Å². The number of H-pyrrole nitrogens is 1. The van der Waals surface area contributed by atoms with Crippen molar-refractivity contribution < 1.29 is 0 Å². The highest BCUT2D eigenvalue weighted by atomic mass is 14.9. The maximum absolute atomic E-state index is 4.38. The zero-order valence-corrected chi connectivity index (χ0v) is 12.0. The standard InChI is InChI=1S/C9H10N2.C4H10.C2H6/c1-2-9-10-7-5-3-4-6-8(7)11-9;1-4(2)3;1-2/h3-6H,2H2,1H3,(H,10,11);4H,1-3H3;1-2H3. The average molecular weight is 234 g/mol. The maximum atomic E-state index is 4.38. The first-order valence-electron chi connectivity index (χ1n) is 6.57. The molecular formula is C15H26N2. The first-order valence-corrected chi connectivity index (χ1v) is 6.57. The number of nitrogens with zero attached hydrogens (tertiary/aromatic N) is 1. The average Bonchev–Trinajstić information content (AvgIpc) is 2.73. The van der Waals surface area contributed by atoms with Gasteiger partial charge in [-0.25, -0.2) is 4.98 Å². The summed E-state index contributed by atoms with van der Waals surface area (Å²) in [6, 6.07) is 8.08. The van der Waals surface area contributed by atoms with Crippen molar-refractivity contribution in [3.8, 4) is 0 Å². The van der Waals surface area contributed by atoms with E-state index in [4.69, 9.17) is 0 Å². The molecule has 0 saturated heterocycles. The lowest BCUT2D eigenvalue weighted by molar-refractivity contribution is 0.737. The molecule has 2 heteroatoms. The van der Waals surface area contributed by atoms with Crippen LogP contribution < -0.4 is 0 Å². The van der Waals surface area contributed by atoms with Gasteiger partial charge in [0.05, 0.1) is 11.0 Å². The minimum Gasteiger partial charge on any atom is -0.342 e. The summed E-state index contributed by atoms with van der Waals surface area (Å²) >= 11 is 0.